The fourth-order valence-corrected chi connectivity index (χ4v) is 3.16. The minimum Gasteiger partial charge on any atom is -0.488 e. The first-order valence-corrected chi connectivity index (χ1v) is 12.2. The van der Waals surface area contributed by atoms with E-state index in [1.54, 1.807) is 59.7 Å². The number of rotatable bonds is 9. The number of halogens is 1. The summed E-state index contributed by atoms with van der Waals surface area (Å²) >= 11 is 6.06. The molecule has 1 rings (SSSR count). The minimum atomic E-state index is -0.752. The van der Waals surface area contributed by atoms with Gasteiger partial charge in [-0.3, -0.25) is 0 Å². The Morgan fingerprint density at radius 3 is 1.80 bits per heavy atom. The van der Waals surface area contributed by atoms with Gasteiger partial charge in [0.05, 0.1) is 12.2 Å². The maximum Gasteiger partial charge on any atom is 0.419 e. The molecule has 9 heteroatoms. The van der Waals surface area contributed by atoms with Gasteiger partial charge in [-0.2, -0.15) is 0 Å². The quantitative estimate of drug-likeness (QED) is 0.360. The molecular formula is C26H43ClN2O6. The molecule has 0 aromatic heterocycles. The fourth-order valence-electron chi connectivity index (χ4n) is 2.93. The second-order valence-corrected chi connectivity index (χ2v) is 12.2. The SMILES string of the molecule is CC(C)(C)OC(=O)N(CCC(C)(C)OCCC(C)(C)Oc1cc(N)cc(Cl)c1)C(=O)OC(C)(C)C. The molecule has 0 unspecified atom stereocenters. The smallest absolute Gasteiger partial charge is 0.419 e. The number of nitrogens with two attached hydrogens (primary N) is 1. The summed E-state index contributed by atoms with van der Waals surface area (Å²) in [6.07, 6.45) is -0.529. The molecule has 0 bridgehead atoms. The zero-order chi connectivity index (χ0) is 27.2. The van der Waals surface area contributed by atoms with Crippen LogP contribution in [0, 0.1) is 0 Å². The molecule has 2 N–H and O–H groups in total. The van der Waals surface area contributed by atoms with E-state index in [9.17, 15) is 9.59 Å². The maximum absolute atomic E-state index is 12.7. The van der Waals surface area contributed by atoms with Crippen molar-refractivity contribution in [3.8, 4) is 5.75 Å². The Kier molecular flexibility index (Phi) is 10.3. The third kappa shape index (κ3) is 12.9. The molecule has 0 aliphatic carbocycles. The average Bonchev–Trinajstić information content (AvgIpc) is 2.56. The molecule has 0 atom stereocenters. The molecule has 35 heavy (non-hydrogen) atoms. The van der Waals surface area contributed by atoms with Crippen molar-refractivity contribution in [2.45, 2.75) is 104 Å². The number of benzene rings is 1. The summed E-state index contributed by atoms with van der Waals surface area (Å²) in [4.78, 5) is 26.4. The van der Waals surface area contributed by atoms with Gasteiger partial charge in [0.15, 0.2) is 0 Å². The molecule has 1 aromatic rings. The number of anilines is 1. The van der Waals surface area contributed by atoms with Crippen molar-refractivity contribution in [2.24, 2.45) is 0 Å². The summed E-state index contributed by atoms with van der Waals surface area (Å²) in [5.74, 6) is 0.588. The molecule has 0 aliphatic heterocycles. The molecule has 2 amide bonds. The van der Waals surface area contributed by atoms with E-state index in [1.165, 1.54) is 0 Å². The average molecular weight is 515 g/mol. The van der Waals surface area contributed by atoms with Crippen LogP contribution >= 0.6 is 11.6 Å². The van der Waals surface area contributed by atoms with E-state index in [2.05, 4.69) is 0 Å². The number of nitrogens with zero attached hydrogens (tertiary/aromatic N) is 1. The van der Waals surface area contributed by atoms with Crippen molar-refractivity contribution in [1.82, 2.24) is 4.90 Å². The van der Waals surface area contributed by atoms with Crippen LogP contribution in [0.25, 0.3) is 0 Å². The molecule has 0 radical (unpaired) electrons. The summed E-state index contributed by atoms with van der Waals surface area (Å²) < 4.78 is 23.0. The molecule has 1 aromatic carbocycles. The highest BCUT2D eigenvalue weighted by Gasteiger charge is 2.33. The second-order valence-electron chi connectivity index (χ2n) is 11.8. The van der Waals surface area contributed by atoms with E-state index in [0.29, 0.717) is 35.9 Å². The van der Waals surface area contributed by atoms with Gasteiger partial charge < -0.3 is 24.7 Å². The van der Waals surface area contributed by atoms with Crippen LogP contribution in [0.15, 0.2) is 18.2 Å². The monoisotopic (exact) mass is 514 g/mol. The largest absolute Gasteiger partial charge is 0.488 e. The maximum atomic E-state index is 12.7. The first kappa shape index (κ1) is 30.8. The molecule has 0 heterocycles. The molecule has 0 fully saturated rings. The Bertz CT molecular complexity index is 823. The van der Waals surface area contributed by atoms with Gasteiger partial charge in [-0.1, -0.05) is 11.6 Å². The van der Waals surface area contributed by atoms with E-state index in [0.717, 1.165) is 4.90 Å². The summed E-state index contributed by atoms with van der Waals surface area (Å²) in [6.45, 7) is 18.6. The lowest BCUT2D eigenvalue weighted by atomic mass is 10.0. The lowest BCUT2D eigenvalue weighted by Gasteiger charge is -2.32. The number of carbonyl (C=O) groups excluding carboxylic acids is 2. The van der Waals surface area contributed by atoms with E-state index in [1.807, 2.05) is 27.7 Å². The number of amides is 2. The number of imide groups is 1. The molecule has 8 nitrogen and oxygen atoms in total. The predicted octanol–water partition coefficient (Wildman–Crippen LogP) is 6.83. The summed E-state index contributed by atoms with van der Waals surface area (Å²) in [6, 6.07) is 5.09. The third-order valence-corrected chi connectivity index (χ3v) is 4.87. The van der Waals surface area contributed by atoms with Crippen LogP contribution in [0.3, 0.4) is 0 Å². The van der Waals surface area contributed by atoms with E-state index in [4.69, 9.17) is 36.3 Å². The number of carbonyl (C=O) groups is 2. The number of hydrogen-bond donors (Lipinski definition) is 1. The van der Waals surface area contributed by atoms with Crippen molar-refractivity contribution in [3.63, 3.8) is 0 Å². The van der Waals surface area contributed by atoms with Crippen LogP contribution in [0.5, 0.6) is 5.75 Å². The first-order chi connectivity index (χ1) is 15.7. The van der Waals surface area contributed by atoms with Gasteiger partial charge in [0.25, 0.3) is 0 Å². The normalized spacial score (nSPS) is 12.8. The molecular weight excluding hydrogens is 472 g/mol. The number of ether oxygens (including phenoxy) is 4. The molecule has 0 spiro atoms. The van der Waals surface area contributed by atoms with E-state index < -0.39 is 34.6 Å². The topological polar surface area (TPSA) is 100 Å². The summed E-state index contributed by atoms with van der Waals surface area (Å²) in [5.41, 5.74) is 3.72. The lowest BCUT2D eigenvalue weighted by molar-refractivity contribution is -0.0506. The molecule has 0 saturated carbocycles. The highest BCUT2D eigenvalue weighted by Crippen LogP contribution is 2.28. The zero-order valence-corrected chi connectivity index (χ0v) is 23.7. The number of hydrogen-bond acceptors (Lipinski definition) is 7. The fraction of sp³-hybridized carbons (Fsp3) is 0.692. The third-order valence-electron chi connectivity index (χ3n) is 4.65. The Morgan fingerprint density at radius 2 is 1.34 bits per heavy atom. The Labute approximate surface area is 215 Å². The summed E-state index contributed by atoms with van der Waals surface area (Å²) in [5, 5.41) is 0.507. The Hall–Kier alpha value is -2.19. The van der Waals surface area contributed by atoms with Crippen LogP contribution in [-0.4, -0.2) is 52.6 Å². The van der Waals surface area contributed by atoms with Crippen LogP contribution < -0.4 is 10.5 Å². The standard InChI is InChI=1S/C26H43ClN2O6/c1-23(2,3)34-21(30)29(22(31)35-24(4,5)6)13-11-25(7,8)32-14-12-26(9,10)33-20-16-18(27)15-19(28)17-20/h15-17H,11-14,28H2,1-10H3. The van der Waals surface area contributed by atoms with Crippen molar-refractivity contribution < 1.29 is 28.5 Å². The van der Waals surface area contributed by atoms with Gasteiger partial charge in [0.1, 0.15) is 22.6 Å². The van der Waals surface area contributed by atoms with Gasteiger partial charge >= 0.3 is 12.2 Å². The second kappa shape index (κ2) is 11.7. The van der Waals surface area contributed by atoms with Crippen LogP contribution in [0.2, 0.25) is 5.02 Å². The number of nitrogen functional groups attached to an aromatic ring is 1. The molecule has 0 aliphatic rings. The summed E-state index contributed by atoms with van der Waals surface area (Å²) in [7, 11) is 0. The molecule has 200 valence electrons. The van der Waals surface area contributed by atoms with Crippen LogP contribution in [0.4, 0.5) is 15.3 Å². The van der Waals surface area contributed by atoms with Crippen LogP contribution in [0.1, 0.15) is 82.1 Å². The Morgan fingerprint density at radius 1 is 0.829 bits per heavy atom. The first-order valence-electron chi connectivity index (χ1n) is 11.8. The highest BCUT2D eigenvalue weighted by atomic mass is 35.5. The van der Waals surface area contributed by atoms with Crippen molar-refractivity contribution >= 4 is 29.5 Å². The van der Waals surface area contributed by atoms with Crippen molar-refractivity contribution in [3.05, 3.63) is 23.2 Å². The Balaban J connectivity index is 2.74. The van der Waals surface area contributed by atoms with E-state index >= 15 is 0 Å². The highest BCUT2D eigenvalue weighted by molar-refractivity contribution is 6.31. The van der Waals surface area contributed by atoms with E-state index in [-0.39, 0.29) is 6.54 Å². The van der Waals surface area contributed by atoms with Gasteiger partial charge in [-0.15, -0.1) is 0 Å². The minimum absolute atomic E-state index is 0.0819. The lowest BCUT2D eigenvalue weighted by Crippen LogP contribution is -2.45. The van der Waals surface area contributed by atoms with Gasteiger partial charge in [0, 0.05) is 29.7 Å². The van der Waals surface area contributed by atoms with Crippen molar-refractivity contribution in [2.75, 3.05) is 18.9 Å². The predicted molar refractivity (Wildman–Crippen MR) is 139 cm³/mol. The van der Waals surface area contributed by atoms with Gasteiger partial charge in [-0.05, 0) is 87.8 Å². The van der Waals surface area contributed by atoms with Gasteiger partial charge in [-0.25, -0.2) is 14.5 Å². The molecule has 0 saturated heterocycles. The zero-order valence-electron chi connectivity index (χ0n) is 22.9. The van der Waals surface area contributed by atoms with Crippen LogP contribution in [-0.2, 0) is 14.2 Å². The van der Waals surface area contributed by atoms with Crippen molar-refractivity contribution in [1.29, 1.82) is 0 Å². The van der Waals surface area contributed by atoms with Gasteiger partial charge in [0.2, 0.25) is 0 Å².